The minimum atomic E-state index is 0.372. The third-order valence-electron chi connectivity index (χ3n) is 1.78. The highest BCUT2D eigenvalue weighted by molar-refractivity contribution is 4.78. The first-order valence-corrected chi connectivity index (χ1v) is 4.07. The smallest absolute Gasteiger partial charge is 0.0717 e. The Balaban J connectivity index is 2.18. The van der Waals surface area contributed by atoms with Crippen molar-refractivity contribution in [3.8, 4) is 0 Å². The van der Waals surface area contributed by atoms with Crippen LogP contribution in [0.2, 0.25) is 0 Å². The average molecular weight is 143 g/mol. The number of hydrogen-bond acceptors (Lipinski definition) is 2. The van der Waals surface area contributed by atoms with E-state index >= 15 is 0 Å². The van der Waals surface area contributed by atoms with Crippen molar-refractivity contribution in [2.75, 3.05) is 6.54 Å². The van der Waals surface area contributed by atoms with Crippen LogP contribution < -0.4 is 5.32 Å². The van der Waals surface area contributed by atoms with E-state index in [0.717, 1.165) is 13.0 Å². The number of nitrogens with one attached hydrogen (secondary N) is 1. The molecule has 2 nitrogen and oxygen atoms in total. The molecule has 1 heterocycles. The molecule has 0 aromatic carbocycles. The highest BCUT2D eigenvalue weighted by Gasteiger charge is 2.21. The molecule has 0 bridgehead atoms. The zero-order chi connectivity index (χ0) is 7.56. The van der Waals surface area contributed by atoms with Crippen LogP contribution in [0.5, 0.6) is 0 Å². The highest BCUT2D eigenvalue weighted by atomic mass is 16.5. The van der Waals surface area contributed by atoms with Crippen molar-refractivity contribution in [1.29, 1.82) is 0 Å². The molecule has 1 rings (SSSR count). The van der Waals surface area contributed by atoms with Crippen molar-refractivity contribution in [2.45, 2.75) is 45.4 Å². The third-order valence-corrected chi connectivity index (χ3v) is 1.78. The molecular weight excluding hydrogens is 126 g/mol. The normalized spacial score (nSPS) is 33.6. The molecule has 1 aliphatic heterocycles. The van der Waals surface area contributed by atoms with Crippen LogP contribution in [-0.4, -0.2) is 24.8 Å². The summed E-state index contributed by atoms with van der Waals surface area (Å²) in [5, 5.41) is 3.35. The van der Waals surface area contributed by atoms with Crippen LogP contribution in [0.3, 0.4) is 0 Å². The lowest BCUT2D eigenvalue weighted by molar-refractivity contribution is 0.0189. The second-order valence-electron chi connectivity index (χ2n) is 3.35. The Hall–Kier alpha value is -0.0800. The number of rotatable bonds is 2. The summed E-state index contributed by atoms with van der Waals surface area (Å²) in [6.07, 6.45) is 1.99. The molecule has 2 atom stereocenters. The molecule has 0 aliphatic carbocycles. The summed E-state index contributed by atoms with van der Waals surface area (Å²) in [5.74, 6) is 0. The predicted octanol–water partition coefficient (Wildman–Crippen LogP) is 1.16. The first-order valence-electron chi connectivity index (χ1n) is 4.07. The summed E-state index contributed by atoms with van der Waals surface area (Å²) in [7, 11) is 0. The SMILES string of the molecule is CC(C)O[C@H]1CN[C@H](C)C1. The Labute approximate surface area is 63.0 Å². The van der Waals surface area contributed by atoms with Gasteiger partial charge in [0.15, 0.2) is 0 Å². The number of hydrogen-bond donors (Lipinski definition) is 1. The topological polar surface area (TPSA) is 21.3 Å². The fourth-order valence-electron chi connectivity index (χ4n) is 1.38. The molecular formula is C8H17NO. The van der Waals surface area contributed by atoms with E-state index in [-0.39, 0.29) is 0 Å². The van der Waals surface area contributed by atoms with Crippen molar-refractivity contribution in [1.82, 2.24) is 5.32 Å². The molecule has 0 unspecified atom stereocenters. The van der Waals surface area contributed by atoms with Gasteiger partial charge in [0, 0.05) is 12.6 Å². The van der Waals surface area contributed by atoms with E-state index in [0.29, 0.717) is 18.2 Å². The van der Waals surface area contributed by atoms with E-state index in [4.69, 9.17) is 4.74 Å². The summed E-state index contributed by atoms with van der Waals surface area (Å²) >= 11 is 0. The summed E-state index contributed by atoms with van der Waals surface area (Å²) < 4.78 is 5.62. The van der Waals surface area contributed by atoms with Crippen molar-refractivity contribution in [3.63, 3.8) is 0 Å². The zero-order valence-corrected chi connectivity index (χ0v) is 7.05. The Kier molecular flexibility index (Phi) is 2.69. The van der Waals surface area contributed by atoms with E-state index in [1.165, 1.54) is 0 Å². The fraction of sp³-hybridized carbons (Fsp3) is 1.00. The van der Waals surface area contributed by atoms with E-state index in [1.807, 2.05) is 0 Å². The Morgan fingerprint density at radius 1 is 1.50 bits per heavy atom. The molecule has 0 aromatic heterocycles. The van der Waals surface area contributed by atoms with Crippen molar-refractivity contribution >= 4 is 0 Å². The summed E-state index contributed by atoms with van der Waals surface area (Å²) in [4.78, 5) is 0. The lowest BCUT2D eigenvalue weighted by Gasteiger charge is -2.13. The molecule has 1 saturated heterocycles. The van der Waals surface area contributed by atoms with Crippen LogP contribution in [0.15, 0.2) is 0 Å². The molecule has 10 heavy (non-hydrogen) atoms. The summed E-state index contributed by atoms with van der Waals surface area (Å²) in [6.45, 7) is 7.40. The first kappa shape index (κ1) is 8.02. The van der Waals surface area contributed by atoms with Crippen molar-refractivity contribution in [3.05, 3.63) is 0 Å². The zero-order valence-electron chi connectivity index (χ0n) is 7.05. The number of ether oxygens (including phenoxy) is 1. The second kappa shape index (κ2) is 3.35. The lowest BCUT2D eigenvalue weighted by Crippen LogP contribution is -2.21. The Bertz CT molecular complexity index is 103. The maximum atomic E-state index is 5.62. The van der Waals surface area contributed by atoms with Crippen LogP contribution in [0.1, 0.15) is 27.2 Å². The van der Waals surface area contributed by atoms with Gasteiger partial charge in [0.1, 0.15) is 0 Å². The van der Waals surface area contributed by atoms with Crippen molar-refractivity contribution in [2.24, 2.45) is 0 Å². The van der Waals surface area contributed by atoms with Crippen LogP contribution in [0, 0.1) is 0 Å². The monoisotopic (exact) mass is 143 g/mol. The molecule has 0 saturated carbocycles. The van der Waals surface area contributed by atoms with E-state index in [2.05, 4.69) is 26.1 Å². The molecule has 1 N–H and O–H groups in total. The van der Waals surface area contributed by atoms with Gasteiger partial charge in [-0.15, -0.1) is 0 Å². The minimum absolute atomic E-state index is 0.372. The Morgan fingerprint density at radius 2 is 2.20 bits per heavy atom. The Morgan fingerprint density at radius 3 is 2.60 bits per heavy atom. The van der Waals surface area contributed by atoms with Gasteiger partial charge >= 0.3 is 0 Å². The van der Waals surface area contributed by atoms with Crippen LogP contribution >= 0.6 is 0 Å². The molecule has 1 fully saturated rings. The van der Waals surface area contributed by atoms with Gasteiger partial charge < -0.3 is 10.1 Å². The summed E-state index contributed by atoms with van der Waals surface area (Å²) in [5.41, 5.74) is 0. The maximum absolute atomic E-state index is 5.62. The molecule has 0 spiro atoms. The van der Waals surface area contributed by atoms with E-state index in [1.54, 1.807) is 0 Å². The van der Waals surface area contributed by atoms with Gasteiger partial charge in [-0.25, -0.2) is 0 Å². The van der Waals surface area contributed by atoms with Gasteiger partial charge in [-0.2, -0.15) is 0 Å². The van der Waals surface area contributed by atoms with E-state index < -0.39 is 0 Å². The van der Waals surface area contributed by atoms with Gasteiger partial charge in [-0.05, 0) is 27.2 Å². The quantitative estimate of drug-likeness (QED) is 0.626. The summed E-state index contributed by atoms with van der Waals surface area (Å²) in [6, 6.07) is 0.642. The third kappa shape index (κ3) is 2.27. The molecule has 1 aliphatic rings. The fourth-order valence-corrected chi connectivity index (χ4v) is 1.38. The minimum Gasteiger partial charge on any atom is -0.374 e. The van der Waals surface area contributed by atoms with Gasteiger partial charge in [0.2, 0.25) is 0 Å². The van der Waals surface area contributed by atoms with Crippen LogP contribution in [0.4, 0.5) is 0 Å². The predicted molar refractivity (Wildman–Crippen MR) is 42.1 cm³/mol. The molecule has 0 radical (unpaired) electrons. The van der Waals surface area contributed by atoms with Gasteiger partial charge in [-0.3, -0.25) is 0 Å². The van der Waals surface area contributed by atoms with Gasteiger partial charge in [0.25, 0.3) is 0 Å². The van der Waals surface area contributed by atoms with Crippen molar-refractivity contribution < 1.29 is 4.74 Å². The average Bonchev–Trinajstić information content (AvgIpc) is 2.13. The van der Waals surface area contributed by atoms with Crippen LogP contribution in [-0.2, 0) is 4.74 Å². The standard InChI is InChI=1S/C8H17NO/c1-6(2)10-8-4-7(3)9-5-8/h6-9H,4-5H2,1-3H3/t7-,8-/m1/s1. The largest absolute Gasteiger partial charge is 0.374 e. The highest BCUT2D eigenvalue weighted by Crippen LogP contribution is 2.11. The van der Waals surface area contributed by atoms with Crippen LogP contribution in [0.25, 0.3) is 0 Å². The van der Waals surface area contributed by atoms with Gasteiger partial charge in [-0.1, -0.05) is 0 Å². The molecule has 60 valence electrons. The molecule has 0 amide bonds. The molecule has 0 aromatic rings. The van der Waals surface area contributed by atoms with E-state index in [9.17, 15) is 0 Å². The maximum Gasteiger partial charge on any atom is 0.0717 e. The second-order valence-corrected chi connectivity index (χ2v) is 3.35. The molecule has 2 heteroatoms. The lowest BCUT2D eigenvalue weighted by atomic mass is 10.2. The van der Waals surface area contributed by atoms with Gasteiger partial charge in [0.05, 0.1) is 12.2 Å². The first-order chi connectivity index (χ1) is 4.68.